The van der Waals surface area contributed by atoms with Gasteiger partial charge in [-0.3, -0.25) is 4.79 Å². The molecule has 3 aromatic rings. The molecule has 0 saturated carbocycles. The number of amides is 1. The van der Waals surface area contributed by atoms with Crippen LogP contribution in [-0.2, 0) is 11.3 Å². The molecule has 0 radical (unpaired) electrons. The Kier molecular flexibility index (Phi) is 6.50. The van der Waals surface area contributed by atoms with Gasteiger partial charge in [-0.15, -0.1) is 10.2 Å². The molecule has 1 amide bonds. The highest BCUT2D eigenvalue weighted by Crippen LogP contribution is 2.33. The predicted octanol–water partition coefficient (Wildman–Crippen LogP) is 3.43. The van der Waals surface area contributed by atoms with Crippen LogP contribution in [0.2, 0.25) is 0 Å². The second kappa shape index (κ2) is 9.49. The standard InChI is InChI=1S/C22H21F3N4O4/c1-28(2)11-18-17(7-15(8-19(18)23)31-16-9-29(10-16)12-30)21-27-26-20(33-21)13-3-5-14(6-4-13)32-22(24)25/h3-8,12,16,22H,9-11H2,1-2H3. The monoisotopic (exact) mass is 462 g/mol. The molecule has 2 heterocycles. The quantitative estimate of drug-likeness (QED) is 0.451. The Morgan fingerprint density at radius 2 is 1.85 bits per heavy atom. The van der Waals surface area contributed by atoms with Crippen molar-refractivity contribution >= 4 is 6.41 Å². The van der Waals surface area contributed by atoms with Gasteiger partial charge < -0.3 is 23.7 Å². The number of carbonyl (C=O) groups excluding carboxylic acids is 1. The van der Waals surface area contributed by atoms with E-state index in [1.807, 2.05) is 0 Å². The Bertz CT molecular complexity index is 1120. The van der Waals surface area contributed by atoms with Gasteiger partial charge in [-0.25, -0.2) is 4.39 Å². The maximum Gasteiger partial charge on any atom is 0.387 e. The first-order valence-corrected chi connectivity index (χ1v) is 10.0. The fourth-order valence-corrected chi connectivity index (χ4v) is 3.40. The summed E-state index contributed by atoms with van der Waals surface area (Å²) < 4.78 is 55.6. The zero-order chi connectivity index (χ0) is 23.5. The topological polar surface area (TPSA) is 80.9 Å². The van der Waals surface area contributed by atoms with Crippen molar-refractivity contribution in [3.05, 3.63) is 47.8 Å². The third-order valence-electron chi connectivity index (χ3n) is 4.95. The zero-order valence-corrected chi connectivity index (χ0v) is 17.9. The fourth-order valence-electron chi connectivity index (χ4n) is 3.40. The highest BCUT2D eigenvalue weighted by molar-refractivity contribution is 5.64. The zero-order valence-electron chi connectivity index (χ0n) is 17.9. The molecule has 0 N–H and O–H groups in total. The first-order valence-electron chi connectivity index (χ1n) is 10.0. The number of benzene rings is 2. The summed E-state index contributed by atoms with van der Waals surface area (Å²) >= 11 is 0. The molecule has 0 spiro atoms. The molecule has 2 aromatic carbocycles. The molecule has 0 atom stereocenters. The van der Waals surface area contributed by atoms with Gasteiger partial charge in [0.05, 0.1) is 13.1 Å². The number of nitrogens with zero attached hydrogens (tertiary/aromatic N) is 4. The van der Waals surface area contributed by atoms with E-state index in [4.69, 9.17) is 9.15 Å². The Balaban J connectivity index is 1.62. The van der Waals surface area contributed by atoms with E-state index in [-0.39, 0.29) is 35.9 Å². The summed E-state index contributed by atoms with van der Waals surface area (Å²) in [5, 5.41) is 8.07. The Labute approximate surface area is 187 Å². The number of halogens is 3. The van der Waals surface area contributed by atoms with E-state index in [1.54, 1.807) is 30.0 Å². The van der Waals surface area contributed by atoms with Crippen LogP contribution < -0.4 is 9.47 Å². The van der Waals surface area contributed by atoms with Gasteiger partial charge in [0.1, 0.15) is 23.4 Å². The Hall–Kier alpha value is -3.60. The van der Waals surface area contributed by atoms with Gasteiger partial charge in [-0.1, -0.05) is 0 Å². The second-order valence-electron chi connectivity index (χ2n) is 7.78. The van der Waals surface area contributed by atoms with E-state index in [1.165, 1.54) is 30.3 Å². The first kappa shape index (κ1) is 22.6. The molecular formula is C22H21F3N4O4. The van der Waals surface area contributed by atoms with E-state index in [0.717, 1.165) is 6.41 Å². The minimum atomic E-state index is -2.92. The number of ether oxygens (including phenoxy) is 2. The first-order chi connectivity index (χ1) is 15.8. The molecule has 1 aliphatic heterocycles. The highest BCUT2D eigenvalue weighted by atomic mass is 19.3. The van der Waals surface area contributed by atoms with Gasteiger partial charge in [-0.2, -0.15) is 8.78 Å². The molecule has 1 saturated heterocycles. The molecule has 33 heavy (non-hydrogen) atoms. The van der Waals surface area contributed by atoms with Crippen molar-refractivity contribution < 1.29 is 31.9 Å². The van der Waals surface area contributed by atoms with E-state index in [2.05, 4.69) is 14.9 Å². The molecule has 174 valence electrons. The van der Waals surface area contributed by atoms with Crippen LogP contribution in [0.25, 0.3) is 22.9 Å². The summed E-state index contributed by atoms with van der Waals surface area (Å²) in [5.74, 6) is 0.0154. The fraction of sp³-hybridized carbons (Fsp3) is 0.318. The Morgan fingerprint density at radius 3 is 2.48 bits per heavy atom. The van der Waals surface area contributed by atoms with E-state index in [0.29, 0.717) is 29.8 Å². The lowest BCUT2D eigenvalue weighted by Crippen LogP contribution is -2.52. The summed E-state index contributed by atoms with van der Waals surface area (Å²) in [6.07, 6.45) is 0.507. The number of hydrogen-bond donors (Lipinski definition) is 0. The molecule has 0 bridgehead atoms. The molecular weight excluding hydrogens is 441 g/mol. The minimum absolute atomic E-state index is 0.00202. The van der Waals surface area contributed by atoms with Gasteiger partial charge in [0, 0.05) is 29.3 Å². The lowest BCUT2D eigenvalue weighted by molar-refractivity contribution is -0.126. The predicted molar refractivity (Wildman–Crippen MR) is 111 cm³/mol. The van der Waals surface area contributed by atoms with Crippen LogP contribution in [0.15, 0.2) is 40.8 Å². The average Bonchev–Trinajstić information content (AvgIpc) is 3.22. The highest BCUT2D eigenvalue weighted by Gasteiger charge is 2.28. The maximum absolute atomic E-state index is 15.0. The molecule has 1 fully saturated rings. The SMILES string of the molecule is CN(C)Cc1c(F)cc(OC2CN(C=O)C2)cc1-c1nnc(-c2ccc(OC(F)F)cc2)o1. The van der Waals surface area contributed by atoms with Crippen LogP contribution in [0.5, 0.6) is 11.5 Å². The van der Waals surface area contributed by atoms with Crippen molar-refractivity contribution in [1.82, 2.24) is 20.0 Å². The lowest BCUT2D eigenvalue weighted by atomic mass is 10.1. The van der Waals surface area contributed by atoms with Crippen LogP contribution >= 0.6 is 0 Å². The minimum Gasteiger partial charge on any atom is -0.487 e. The maximum atomic E-state index is 15.0. The van der Waals surface area contributed by atoms with Gasteiger partial charge in [0.15, 0.2) is 0 Å². The van der Waals surface area contributed by atoms with Gasteiger partial charge >= 0.3 is 6.61 Å². The Morgan fingerprint density at radius 1 is 1.15 bits per heavy atom. The summed E-state index contributed by atoms with van der Waals surface area (Å²) in [6.45, 7) is -1.79. The van der Waals surface area contributed by atoms with E-state index >= 15 is 4.39 Å². The smallest absolute Gasteiger partial charge is 0.387 e. The van der Waals surface area contributed by atoms with Crippen LogP contribution in [0.3, 0.4) is 0 Å². The largest absolute Gasteiger partial charge is 0.487 e. The normalized spacial score (nSPS) is 14.0. The van der Waals surface area contributed by atoms with Crippen molar-refractivity contribution in [2.75, 3.05) is 27.2 Å². The molecule has 1 aromatic heterocycles. The average molecular weight is 462 g/mol. The number of carbonyl (C=O) groups is 1. The summed E-state index contributed by atoms with van der Waals surface area (Å²) in [4.78, 5) is 14.1. The van der Waals surface area contributed by atoms with Crippen molar-refractivity contribution in [2.45, 2.75) is 19.3 Å². The van der Waals surface area contributed by atoms with Crippen LogP contribution in [0.4, 0.5) is 13.2 Å². The summed E-state index contributed by atoms with van der Waals surface area (Å²) in [5.41, 5.74) is 1.22. The van der Waals surface area contributed by atoms with Gasteiger partial charge in [0.25, 0.3) is 0 Å². The van der Waals surface area contributed by atoms with Gasteiger partial charge in [-0.05, 0) is 44.4 Å². The number of likely N-dealkylation sites (tertiary alicyclic amines) is 1. The molecule has 1 aliphatic rings. The lowest BCUT2D eigenvalue weighted by Gasteiger charge is -2.36. The molecule has 8 nitrogen and oxygen atoms in total. The molecule has 11 heteroatoms. The number of rotatable bonds is 9. The third kappa shape index (κ3) is 5.25. The molecule has 0 aliphatic carbocycles. The molecule has 4 rings (SSSR count). The van der Waals surface area contributed by atoms with Crippen molar-refractivity contribution in [1.29, 1.82) is 0 Å². The van der Waals surface area contributed by atoms with Crippen LogP contribution in [0, 0.1) is 5.82 Å². The van der Waals surface area contributed by atoms with E-state index < -0.39 is 12.4 Å². The number of aromatic nitrogens is 2. The third-order valence-corrected chi connectivity index (χ3v) is 4.95. The van der Waals surface area contributed by atoms with Gasteiger partial charge in [0.2, 0.25) is 18.2 Å². The number of alkyl halides is 2. The van der Waals surface area contributed by atoms with Crippen molar-refractivity contribution in [3.8, 4) is 34.4 Å². The van der Waals surface area contributed by atoms with Crippen molar-refractivity contribution in [2.24, 2.45) is 0 Å². The second-order valence-corrected chi connectivity index (χ2v) is 7.78. The number of hydrogen-bond acceptors (Lipinski definition) is 7. The van der Waals surface area contributed by atoms with Crippen LogP contribution in [-0.4, -0.2) is 66.3 Å². The molecule has 0 unspecified atom stereocenters. The van der Waals surface area contributed by atoms with E-state index in [9.17, 15) is 13.6 Å². The van der Waals surface area contributed by atoms with Crippen molar-refractivity contribution in [3.63, 3.8) is 0 Å². The summed E-state index contributed by atoms with van der Waals surface area (Å²) in [7, 11) is 3.61. The summed E-state index contributed by atoms with van der Waals surface area (Å²) in [6, 6.07) is 8.65. The van der Waals surface area contributed by atoms with Crippen LogP contribution in [0.1, 0.15) is 5.56 Å².